The van der Waals surface area contributed by atoms with Crippen LogP contribution in [0.4, 0.5) is 0 Å². The summed E-state index contributed by atoms with van der Waals surface area (Å²) in [5, 5.41) is 10.6. The molecule has 0 bridgehead atoms. The minimum Gasteiger partial charge on any atom is -0.508 e. The first-order chi connectivity index (χ1) is 18.9. The number of H-pyrrole nitrogens is 1. The van der Waals surface area contributed by atoms with Crippen LogP contribution in [0, 0.1) is 6.92 Å². The number of carbonyl (C=O) groups is 1. The Morgan fingerprint density at radius 3 is 1.93 bits per heavy atom. The third-order valence-electron chi connectivity index (χ3n) is 7.28. The standard InChI is InChI=1S/C29H31N5O4SSi/c1-19-22-23(39-25(19)34-30-17-18-31-34)32-27(37)33(24(22)35)29(5,6)26(36)38-40(28(2,3)4,20-13-9-7-10-14-20)21-15-11-8-12-16-21/h7-18H,1-6H3,(H,32,37). The number of fused-ring (bicyclic) bond motifs is 1. The quantitative estimate of drug-likeness (QED) is 0.312. The van der Waals surface area contributed by atoms with Crippen LogP contribution in [0.25, 0.3) is 15.2 Å². The van der Waals surface area contributed by atoms with E-state index in [4.69, 9.17) is 4.43 Å². The normalized spacial score (nSPS) is 12.6. The maximum atomic E-state index is 14.3. The van der Waals surface area contributed by atoms with E-state index in [0.29, 0.717) is 20.8 Å². The molecule has 0 spiro atoms. The molecule has 0 saturated heterocycles. The summed E-state index contributed by atoms with van der Waals surface area (Å²) in [5.41, 5.74) is -2.27. The summed E-state index contributed by atoms with van der Waals surface area (Å²) in [6.07, 6.45) is 3.07. The molecule has 3 aromatic heterocycles. The van der Waals surface area contributed by atoms with Crippen molar-refractivity contribution < 1.29 is 9.22 Å². The smallest absolute Gasteiger partial charge is 0.330 e. The summed E-state index contributed by atoms with van der Waals surface area (Å²) in [6, 6.07) is 19.5. The summed E-state index contributed by atoms with van der Waals surface area (Å²) in [5.74, 6) is -0.657. The molecule has 0 atom stereocenters. The number of rotatable bonds is 6. The van der Waals surface area contributed by atoms with E-state index in [-0.39, 0.29) is 0 Å². The van der Waals surface area contributed by atoms with Crippen LogP contribution in [-0.4, -0.2) is 38.8 Å². The lowest BCUT2D eigenvalue weighted by Crippen LogP contribution is -2.69. The fraction of sp³-hybridized carbons (Fsp3) is 0.276. The van der Waals surface area contributed by atoms with Gasteiger partial charge < -0.3 is 4.43 Å². The van der Waals surface area contributed by atoms with Crippen LogP contribution >= 0.6 is 11.3 Å². The van der Waals surface area contributed by atoms with Gasteiger partial charge in [-0.2, -0.15) is 10.2 Å². The predicted molar refractivity (Wildman–Crippen MR) is 159 cm³/mol. The van der Waals surface area contributed by atoms with E-state index in [9.17, 15) is 14.4 Å². The second-order valence-corrected chi connectivity index (χ2v) is 16.5. The Labute approximate surface area is 236 Å². The van der Waals surface area contributed by atoms with Crippen LogP contribution in [0.2, 0.25) is 5.04 Å². The van der Waals surface area contributed by atoms with Gasteiger partial charge in [-0.05, 0) is 36.2 Å². The molecule has 0 aliphatic carbocycles. The molecular formula is C29H31N5O4SSi. The highest BCUT2D eigenvalue weighted by Gasteiger charge is 2.55. The minimum atomic E-state index is -3.28. The molecule has 2 aromatic carbocycles. The molecule has 40 heavy (non-hydrogen) atoms. The van der Waals surface area contributed by atoms with Crippen LogP contribution in [0.5, 0.6) is 0 Å². The van der Waals surface area contributed by atoms with Crippen molar-refractivity contribution in [1.29, 1.82) is 0 Å². The van der Waals surface area contributed by atoms with Crippen LogP contribution in [-0.2, 0) is 14.8 Å². The number of hydrogen-bond donors (Lipinski definition) is 1. The molecular weight excluding hydrogens is 543 g/mol. The van der Waals surface area contributed by atoms with Crippen LogP contribution in [0.3, 0.4) is 0 Å². The molecule has 0 aliphatic heterocycles. The average Bonchev–Trinajstić information content (AvgIpc) is 3.55. The lowest BCUT2D eigenvalue weighted by molar-refractivity contribution is -0.144. The highest BCUT2D eigenvalue weighted by atomic mass is 32.1. The Morgan fingerprint density at radius 2 is 1.43 bits per heavy atom. The average molecular weight is 574 g/mol. The van der Waals surface area contributed by atoms with Gasteiger partial charge in [0.2, 0.25) is 0 Å². The van der Waals surface area contributed by atoms with Gasteiger partial charge in [-0.25, -0.2) is 9.36 Å². The first kappa shape index (κ1) is 27.5. The molecule has 3 heterocycles. The van der Waals surface area contributed by atoms with E-state index >= 15 is 0 Å². The Bertz CT molecular complexity index is 1760. The fourth-order valence-corrected chi connectivity index (χ4v) is 10.8. The molecule has 11 heteroatoms. The van der Waals surface area contributed by atoms with Crippen molar-refractivity contribution in [3.8, 4) is 5.00 Å². The van der Waals surface area contributed by atoms with Crippen molar-refractivity contribution in [2.75, 3.05) is 0 Å². The van der Waals surface area contributed by atoms with Crippen LogP contribution in [0.15, 0.2) is 82.6 Å². The SMILES string of the molecule is Cc1c(-n2nccn2)sc2[nH]c(=O)n(C(C)(C)C(=O)O[Si](c3ccccc3)(c3ccccc3)C(C)(C)C)c(=O)c12. The third-order valence-corrected chi connectivity index (χ3v) is 13.4. The highest BCUT2D eigenvalue weighted by Crippen LogP contribution is 2.38. The molecule has 9 nitrogen and oxygen atoms in total. The minimum absolute atomic E-state index is 0.309. The molecule has 0 saturated carbocycles. The van der Waals surface area contributed by atoms with Gasteiger partial charge in [-0.15, -0.1) is 4.80 Å². The highest BCUT2D eigenvalue weighted by molar-refractivity contribution is 7.21. The summed E-state index contributed by atoms with van der Waals surface area (Å²) in [7, 11) is -3.28. The van der Waals surface area contributed by atoms with Gasteiger partial charge in [0, 0.05) is 5.56 Å². The number of benzene rings is 2. The molecule has 1 N–H and O–H groups in total. The van der Waals surface area contributed by atoms with Gasteiger partial charge in [0.1, 0.15) is 15.4 Å². The van der Waals surface area contributed by atoms with Gasteiger partial charge in [-0.3, -0.25) is 14.6 Å². The summed E-state index contributed by atoms with van der Waals surface area (Å²) in [4.78, 5) is 46.2. The zero-order chi connectivity index (χ0) is 28.9. The van der Waals surface area contributed by atoms with Crippen molar-refractivity contribution >= 4 is 46.2 Å². The Morgan fingerprint density at radius 1 is 0.900 bits per heavy atom. The largest absolute Gasteiger partial charge is 0.508 e. The number of nitrogens with one attached hydrogen (secondary N) is 1. The number of thiophene rings is 1. The van der Waals surface area contributed by atoms with Gasteiger partial charge in [0.05, 0.1) is 17.8 Å². The molecule has 0 unspecified atom stereocenters. The van der Waals surface area contributed by atoms with Crippen molar-refractivity contribution in [1.82, 2.24) is 24.5 Å². The van der Waals surface area contributed by atoms with Gasteiger partial charge in [0.25, 0.3) is 5.56 Å². The zero-order valence-corrected chi connectivity index (χ0v) is 25.1. The van der Waals surface area contributed by atoms with E-state index in [1.807, 2.05) is 60.7 Å². The van der Waals surface area contributed by atoms with Gasteiger partial charge in [0.15, 0.2) is 0 Å². The molecule has 5 aromatic rings. The Hall–Kier alpha value is -4.09. The van der Waals surface area contributed by atoms with Gasteiger partial charge >= 0.3 is 20.0 Å². The third kappa shape index (κ3) is 4.25. The Balaban J connectivity index is 1.68. The first-order valence-electron chi connectivity index (χ1n) is 12.9. The van der Waals surface area contributed by atoms with E-state index < -0.39 is 36.1 Å². The molecule has 0 fully saturated rings. The van der Waals surface area contributed by atoms with E-state index in [2.05, 4.69) is 36.0 Å². The van der Waals surface area contributed by atoms with Crippen molar-refractivity contribution in [2.24, 2.45) is 0 Å². The van der Waals surface area contributed by atoms with E-state index in [1.54, 1.807) is 20.8 Å². The second-order valence-electron chi connectivity index (χ2n) is 11.2. The monoisotopic (exact) mass is 573 g/mol. The molecule has 0 radical (unpaired) electrons. The van der Waals surface area contributed by atoms with Crippen molar-refractivity contribution in [2.45, 2.75) is 52.1 Å². The second kappa shape index (κ2) is 9.83. The summed E-state index contributed by atoms with van der Waals surface area (Å²) in [6.45, 7) is 11.0. The maximum Gasteiger partial charge on any atom is 0.330 e. The Kier molecular flexibility index (Phi) is 6.75. The number of aromatic amines is 1. The first-order valence-corrected chi connectivity index (χ1v) is 15.6. The lowest BCUT2D eigenvalue weighted by atomic mass is 10.1. The lowest BCUT2D eigenvalue weighted by Gasteiger charge is -2.43. The number of aromatic nitrogens is 5. The summed E-state index contributed by atoms with van der Waals surface area (Å²) < 4.78 is 7.64. The molecule has 5 rings (SSSR count). The zero-order valence-electron chi connectivity index (χ0n) is 23.3. The van der Waals surface area contributed by atoms with E-state index in [1.165, 1.54) is 28.5 Å². The topological polar surface area (TPSA) is 112 Å². The number of aryl methyl sites for hydroxylation is 1. The van der Waals surface area contributed by atoms with Crippen LogP contribution in [0.1, 0.15) is 40.2 Å². The fourth-order valence-electron chi connectivity index (χ4n) is 5.23. The van der Waals surface area contributed by atoms with Crippen molar-refractivity contribution in [3.05, 3.63) is 99.5 Å². The van der Waals surface area contributed by atoms with Crippen LogP contribution < -0.4 is 21.6 Å². The molecule has 206 valence electrons. The molecule has 0 amide bonds. The van der Waals surface area contributed by atoms with E-state index in [0.717, 1.165) is 14.9 Å². The summed E-state index contributed by atoms with van der Waals surface area (Å²) >= 11 is 1.21. The number of carbonyl (C=O) groups excluding carboxylic acids is 1. The number of hydrogen-bond acceptors (Lipinski definition) is 7. The predicted octanol–water partition coefficient (Wildman–Crippen LogP) is 3.48. The molecule has 0 aliphatic rings. The maximum absolute atomic E-state index is 14.3. The van der Waals surface area contributed by atoms with Crippen molar-refractivity contribution in [3.63, 3.8) is 0 Å². The number of nitrogens with zero attached hydrogens (tertiary/aromatic N) is 4. The van der Waals surface area contributed by atoms with Gasteiger partial charge in [-0.1, -0.05) is 92.8 Å².